The molecule has 0 atom stereocenters. The Morgan fingerprint density at radius 2 is 1.71 bits per heavy atom. The molecule has 3 rings (SSSR count). The third-order valence-corrected chi connectivity index (χ3v) is 5.53. The number of sulfonamides is 1. The Labute approximate surface area is 146 Å². The van der Waals surface area contributed by atoms with E-state index in [2.05, 4.69) is 4.72 Å². The standard InChI is InChI=1S/C17H18ClNO4S/c1-11-4-5-12(2)17(8-11)24(20,21)19-14-10-16-15(9-13(14)18)22-6-3-7-23-16/h4-5,8-10,19H,3,6-7H2,1-2H3. The summed E-state index contributed by atoms with van der Waals surface area (Å²) in [4.78, 5) is 0.227. The Balaban J connectivity index is 1.98. The molecular formula is C17H18ClNO4S. The van der Waals surface area contributed by atoms with Gasteiger partial charge in [-0.1, -0.05) is 23.7 Å². The molecule has 0 saturated carbocycles. The van der Waals surface area contributed by atoms with E-state index in [0.717, 1.165) is 12.0 Å². The Morgan fingerprint density at radius 3 is 2.42 bits per heavy atom. The van der Waals surface area contributed by atoms with E-state index in [1.54, 1.807) is 31.2 Å². The number of benzene rings is 2. The second-order valence-electron chi connectivity index (χ2n) is 5.70. The molecule has 0 spiro atoms. The molecule has 24 heavy (non-hydrogen) atoms. The number of halogens is 1. The molecule has 0 fully saturated rings. The number of aryl methyl sites for hydroxylation is 2. The average molecular weight is 368 g/mol. The maximum absolute atomic E-state index is 12.7. The molecule has 2 aromatic rings. The SMILES string of the molecule is Cc1ccc(C)c(S(=O)(=O)Nc2cc3c(cc2Cl)OCCCO3)c1. The highest BCUT2D eigenvalue weighted by Crippen LogP contribution is 2.38. The third-order valence-electron chi connectivity index (χ3n) is 3.71. The van der Waals surface area contributed by atoms with E-state index in [1.165, 1.54) is 0 Å². The Bertz CT molecular complexity index is 880. The topological polar surface area (TPSA) is 64.6 Å². The van der Waals surface area contributed by atoms with Crippen LogP contribution < -0.4 is 14.2 Å². The summed E-state index contributed by atoms with van der Waals surface area (Å²) < 4.78 is 39.1. The van der Waals surface area contributed by atoms with Crippen molar-refractivity contribution in [2.45, 2.75) is 25.2 Å². The summed E-state index contributed by atoms with van der Waals surface area (Å²) in [6, 6.07) is 8.41. The Morgan fingerprint density at radius 1 is 1.04 bits per heavy atom. The minimum absolute atomic E-state index is 0.227. The van der Waals surface area contributed by atoms with Gasteiger partial charge in [0, 0.05) is 18.6 Å². The molecule has 1 heterocycles. The van der Waals surface area contributed by atoms with Crippen molar-refractivity contribution in [3.63, 3.8) is 0 Å². The van der Waals surface area contributed by atoms with Crippen molar-refractivity contribution in [3.05, 3.63) is 46.5 Å². The zero-order chi connectivity index (χ0) is 17.3. The largest absolute Gasteiger partial charge is 0.490 e. The van der Waals surface area contributed by atoms with Crippen LogP contribution in [0.5, 0.6) is 11.5 Å². The van der Waals surface area contributed by atoms with Gasteiger partial charge in [-0.3, -0.25) is 4.72 Å². The number of rotatable bonds is 3. The Kier molecular flexibility index (Phi) is 4.60. The van der Waals surface area contributed by atoms with Gasteiger partial charge in [-0.2, -0.15) is 0 Å². The number of hydrogen-bond acceptors (Lipinski definition) is 4. The van der Waals surface area contributed by atoms with Crippen LogP contribution in [0.1, 0.15) is 17.5 Å². The monoisotopic (exact) mass is 367 g/mol. The van der Waals surface area contributed by atoms with Crippen molar-refractivity contribution in [2.24, 2.45) is 0 Å². The van der Waals surface area contributed by atoms with Gasteiger partial charge in [-0.05, 0) is 31.0 Å². The zero-order valence-electron chi connectivity index (χ0n) is 13.4. The first-order valence-corrected chi connectivity index (χ1v) is 9.42. The molecule has 0 aliphatic carbocycles. The predicted octanol–water partition coefficient (Wildman–Crippen LogP) is 3.92. The highest BCUT2D eigenvalue weighted by atomic mass is 35.5. The smallest absolute Gasteiger partial charge is 0.262 e. The fourth-order valence-corrected chi connectivity index (χ4v) is 4.12. The van der Waals surface area contributed by atoms with Crippen molar-refractivity contribution >= 4 is 27.3 Å². The maximum atomic E-state index is 12.7. The molecular weight excluding hydrogens is 350 g/mol. The molecule has 0 unspecified atom stereocenters. The lowest BCUT2D eigenvalue weighted by atomic mass is 10.2. The second-order valence-corrected chi connectivity index (χ2v) is 7.76. The maximum Gasteiger partial charge on any atom is 0.262 e. The number of nitrogens with one attached hydrogen (secondary N) is 1. The van der Waals surface area contributed by atoms with Crippen molar-refractivity contribution in [2.75, 3.05) is 17.9 Å². The molecule has 0 bridgehead atoms. The van der Waals surface area contributed by atoms with Crippen LogP contribution in [0.3, 0.4) is 0 Å². The van der Waals surface area contributed by atoms with Gasteiger partial charge in [0.1, 0.15) is 0 Å². The Hall–Kier alpha value is -1.92. The number of ether oxygens (including phenoxy) is 2. The van der Waals surface area contributed by atoms with Crippen molar-refractivity contribution in [1.29, 1.82) is 0 Å². The molecule has 0 saturated heterocycles. The second kappa shape index (κ2) is 6.53. The molecule has 0 radical (unpaired) electrons. The van der Waals surface area contributed by atoms with E-state index in [4.69, 9.17) is 21.1 Å². The van der Waals surface area contributed by atoms with Gasteiger partial charge in [0.25, 0.3) is 10.0 Å². The molecule has 1 aliphatic heterocycles. The van der Waals surface area contributed by atoms with E-state index in [-0.39, 0.29) is 15.6 Å². The van der Waals surface area contributed by atoms with Crippen molar-refractivity contribution in [1.82, 2.24) is 0 Å². The van der Waals surface area contributed by atoms with Crippen LogP contribution in [-0.2, 0) is 10.0 Å². The third kappa shape index (κ3) is 3.44. The average Bonchev–Trinajstić information content (AvgIpc) is 2.74. The van der Waals surface area contributed by atoms with Gasteiger partial charge in [0.2, 0.25) is 0 Å². The minimum atomic E-state index is -3.76. The van der Waals surface area contributed by atoms with E-state index < -0.39 is 10.0 Å². The quantitative estimate of drug-likeness (QED) is 0.893. The summed E-state index contributed by atoms with van der Waals surface area (Å²) in [5.74, 6) is 1.00. The molecule has 1 N–H and O–H groups in total. The summed E-state index contributed by atoms with van der Waals surface area (Å²) in [5, 5.41) is 0.258. The van der Waals surface area contributed by atoms with Crippen molar-refractivity contribution < 1.29 is 17.9 Å². The van der Waals surface area contributed by atoms with Crippen LogP contribution in [0.25, 0.3) is 0 Å². The molecule has 7 heteroatoms. The molecule has 1 aliphatic rings. The first-order chi connectivity index (χ1) is 11.4. The molecule has 2 aromatic carbocycles. The lowest BCUT2D eigenvalue weighted by molar-refractivity contribution is 0.297. The first kappa shape index (κ1) is 16.9. The van der Waals surface area contributed by atoms with Crippen LogP contribution in [0.2, 0.25) is 5.02 Å². The van der Waals surface area contributed by atoms with Crippen LogP contribution in [-0.4, -0.2) is 21.6 Å². The van der Waals surface area contributed by atoms with Crippen LogP contribution in [0, 0.1) is 13.8 Å². The van der Waals surface area contributed by atoms with Crippen LogP contribution in [0.15, 0.2) is 35.2 Å². The summed E-state index contributed by atoms with van der Waals surface area (Å²) >= 11 is 6.22. The first-order valence-electron chi connectivity index (χ1n) is 7.56. The van der Waals surface area contributed by atoms with Crippen LogP contribution >= 0.6 is 11.6 Å². The summed E-state index contributed by atoms with van der Waals surface area (Å²) in [5.41, 5.74) is 1.80. The summed E-state index contributed by atoms with van der Waals surface area (Å²) in [6.45, 7) is 4.65. The van der Waals surface area contributed by atoms with Gasteiger partial charge in [0.15, 0.2) is 11.5 Å². The van der Waals surface area contributed by atoms with Crippen molar-refractivity contribution in [3.8, 4) is 11.5 Å². The van der Waals surface area contributed by atoms with Gasteiger partial charge < -0.3 is 9.47 Å². The van der Waals surface area contributed by atoms with Gasteiger partial charge in [-0.15, -0.1) is 0 Å². The minimum Gasteiger partial charge on any atom is -0.490 e. The molecule has 0 aromatic heterocycles. The van der Waals surface area contributed by atoms with Gasteiger partial charge in [-0.25, -0.2) is 8.42 Å². The number of anilines is 1. The van der Waals surface area contributed by atoms with Crippen LogP contribution in [0.4, 0.5) is 5.69 Å². The molecule has 5 nitrogen and oxygen atoms in total. The normalized spacial score (nSPS) is 14.1. The lowest BCUT2D eigenvalue weighted by Crippen LogP contribution is -2.15. The van der Waals surface area contributed by atoms with E-state index in [1.807, 2.05) is 13.0 Å². The number of fused-ring (bicyclic) bond motifs is 1. The van der Waals surface area contributed by atoms with E-state index >= 15 is 0 Å². The fraction of sp³-hybridized carbons (Fsp3) is 0.294. The summed E-state index contributed by atoms with van der Waals surface area (Å²) in [7, 11) is -3.76. The molecule has 128 valence electrons. The fourth-order valence-electron chi connectivity index (χ4n) is 2.46. The summed E-state index contributed by atoms with van der Waals surface area (Å²) in [6.07, 6.45) is 0.760. The molecule has 0 amide bonds. The number of hydrogen-bond donors (Lipinski definition) is 1. The van der Waals surface area contributed by atoms with Gasteiger partial charge in [0.05, 0.1) is 28.8 Å². The zero-order valence-corrected chi connectivity index (χ0v) is 15.0. The predicted molar refractivity (Wildman–Crippen MR) is 93.8 cm³/mol. The van der Waals surface area contributed by atoms with E-state index in [9.17, 15) is 8.42 Å². The lowest BCUT2D eigenvalue weighted by Gasteiger charge is -2.15. The highest BCUT2D eigenvalue weighted by molar-refractivity contribution is 7.92. The highest BCUT2D eigenvalue weighted by Gasteiger charge is 2.21. The van der Waals surface area contributed by atoms with Gasteiger partial charge >= 0.3 is 0 Å². The van der Waals surface area contributed by atoms with E-state index in [0.29, 0.717) is 30.3 Å².